The highest BCUT2D eigenvalue weighted by molar-refractivity contribution is 7.91. The Bertz CT molecular complexity index is 1420. The molecule has 0 unspecified atom stereocenters. The number of allylic oxidation sites excluding steroid dienone is 2. The number of hydrogen-bond acceptors (Lipinski definition) is 8. The van der Waals surface area contributed by atoms with Crippen LogP contribution in [0.3, 0.4) is 0 Å². The predicted octanol–water partition coefficient (Wildman–Crippen LogP) is 3.25. The highest BCUT2D eigenvalue weighted by Gasteiger charge is 2.31. The fraction of sp³-hybridized carbons (Fsp3) is 0.444. The van der Waals surface area contributed by atoms with Crippen LogP contribution < -0.4 is 15.5 Å². The van der Waals surface area contributed by atoms with Gasteiger partial charge in [0.1, 0.15) is 26.9 Å². The smallest absolute Gasteiger partial charge is 0.252 e. The van der Waals surface area contributed by atoms with Gasteiger partial charge in [0.15, 0.2) is 5.94 Å². The predicted molar refractivity (Wildman–Crippen MR) is 143 cm³/mol. The molecule has 4 rings (SSSR count). The monoisotopic (exact) mass is 527 g/mol. The van der Waals surface area contributed by atoms with Gasteiger partial charge >= 0.3 is 0 Å². The molecule has 2 aromatic rings. The SMILES string of the molecule is CCc1c(N(CC)C2CCS(=O)(=O)CC2)cc2occc2c1C(=O)NCC1=C(OC)C=C(C)NC1=C=O. The first-order chi connectivity index (χ1) is 17.7. The van der Waals surface area contributed by atoms with Crippen molar-refractivity contribution in [2.24, 2.45) is 0 Å². The lowest BCUT2D eigenvalue weighted by molar-refractivity contribution is 0.0957. The van der Waals surface area contributed by atoms with E-state index in [1.807, 2.05) is 32.8 Å². The summed E-state index contributed by atoms with van der Waals surface area (Å²) < 4.78 is 35.2. The highest BCUT2D eigenvalue weighted by Crippen LogP contribution is 2.36. The number of nitrogens with one attached hydrogen (secondary N) is 2. The largest absolute Gasteiger partial charge is 0.496 e. The Morgan fingerprint density at radius 3 is 2.65 bits per heavy atom. The lowest BCUT2D eigenvalue weighted by Crippen LogP contribution is -2.42. The Balaban J connectivity index is 1.72. The molecule has 1 amide bonds. The average molecular weight is 528 g/mol. The third-order valence-corrected chi connectivity index (χ3v) is 8.77. The third-order valence-electron chi connectivity index (χ3n) is 7.06. The minimum atomic E-state index is -3.00. The van der Waals surface area contributed by atoms with Gasteiger partial charge in [-0.05, 0) is 50.8 Å². The van der Waals surface area contributed by atoms with E-state index in [1.54, 1.807) is 18.4 Å². The summed E-state index contributed by atoms with van der Waals surface area (Å²) in [6.07, 6.45) is 5.01. The van der Waals surface area contributed by atoms with Crippen molar-refractivity contribution in [3.63, 3.8) is 0 Å². The van der Waals surface area contributed by atoms with Gasteiger partial charge in [0.2, 0.25) is 0 Å². The molecule has 1 aromatic carbocycles. The molecule has 1 fully saturated rings. The van der Waals surface area contributed by atoms with Crippen LogP contribution in [-0.4, -0.2) is 58.0 Å². The van der Waals surface area contributed by atoms with Crippen molar-refractivity contribution in [3.05, 3.63) is 58.3 Å². The standard InChI is InChI=1S/C27H33N3O6S/c1-5-19-23(30(6-2)18-8-11-37(33,34)12-9-18)14-25-20(7-10-36-25)26(19)27(32)28-15-21-22(16-31)29-17(3)13-24(21)35-4/h7,10,13-14,18,29H,5-6,8-9,11-12,15H2,1-4H3,(H,28,32). The van der Waals surface area contributed by atoms with E-state index in [4.69, 9.17) is 9.15 Å². The van der Waals surface area contributed by atoms with Gasteiger partial charge in [-0.25, -0.2) is 13.2 Å². The van der Waals surface area contributed by atoms with Crippen LogP contribution in [0.25, 0.3) is 11.0 Å². The molecule has 198 valence electrons. The minimum Gasteiger partial charge on any atom is -0.496 e. The van der Waals surface area contributed by atoms with E-state index in [0.29, 0.717) is 53.7 Å². The van der Waals surface area contributed by atoms with Crippen molar-refractivity contribution in [1.82, 2.24) is 10.6 Å². The fourth-order valence-electron chi connectivity index (χ4n) is 5.25. The Morgan fingerprint density at radius 2 is 2.03 bits per heavy atom. The zero-order valence-electron chi connectivity index (χ0n) is 21.6. The summed E-state index contributed by atoms with van der Waals surface area (Å²) in [6.45, 7) is 6.57. The molecule has 10 heteroatoms. The van der Waals surface area contributed by atoms with Gasteiger partial charge in [-0.2, -0.15) is 0 Å². The first kappa shape index (κ1) is 26.6. The van der Waals surface area contributed by atoms with E-state index in [9.17, 15) is 18.0 Å². The lowest BCUT2D eigenvalue weighted by atomic mass is 9.95. The number of hydrogen-bond donors (Lipinski definition) is 2. The Kier molecular flexibility index (Phi) is 7.80. The molecule has 2 aliphatic rings. The van der Waals surface area contributed by atoms with Gasteiger partial charge in [0.05, 0.1) is 30.4 Å². The molecule has 2 aliphatic heterocycles. The second-order valence-electron chi connectivity index (χ2n) is 9.26. The molecular weight excluding hydrogens is 494 g/mol. The van der Waals surface area contributed by atoms with E-state index < -0.39 is 9.84 Å². The number of carbonyl (C=O) groups is 1. The summed E-state index contributed by atoms with van der Waals surface area (Å²) >= 11 is 0. The van der Waals surface area contributed by atoms with E-state index in [2.05, 4.69) is 15.5 Å². The zero-order chi connectivity index (χ0) is 26.7. The zero-order valence-corrected chi connectivity index (χ0v) is 22.5. The first-order valence-corrected chi connectivity index (χ1v) is 14.3. The Labute approximate surface area is 217 Å². The third kappa shape index (κ3) is 5.31. The number of anilines is 1. The van der Waals surface area contributed by atoms with Crippen LogP contribution in [0.2, 0.25) is 0 Å². The van der Waals surface area contributed by atoms with E-state index in [0.717, 1.165) is 16.9 Å². The second kappa shape index (κ2) is 10.9. The molecule has 0 spiro atoms. The topological polar surface area (TPSA) is 118 Å². The summed E-state index contributed by atoms with van der Waals surface area (Å²) in [6, 6.07) is 3.79. The van der Waals surface area contributed by atoms with Crippen molar-refractivity contribution in [2.45, 2.75) is 46.1 Å². The molecule has 0 saturated carbocycles. The van der Waals surface area contributed by atoms with Gasteiger partial charge in [0.25, 0.3) is 5.91 Å². The van der Waals surface area contributed by atoms with E-state index in [-0.39, 0.29) is 35.7 Å². The maximum Gasteiger partial charge on any atom is 0.252 e. The van der Waals surface area contributed by atoms with Crippen LogP contribution in [0.15, 0.2) is 51.6 Å². The van der Waals surface area contributed by atoms with Crippen LogP contribution in [0, 0.1) is 0 Å². The molecular formula is C27H33N3O6S. The first-order valence-electron chi connectivity index (χ1n) is 12.5. The van der Waals surface area contributed by atoms with Crippen LogP contribution in [0.5, 0.6) is 0 Å². The number of carbonyl (C=O) groups excluding carboxylic acids is 2. The number of furan rings is 1. The summed E-state index contributed by atoms with van der Waals surface area (Å²) in [7, 11) is -1.49. The number of ether oxygens (including phenoxy) is 1. The van der Waals surface area contributed by atoms with Gasteiger partial charge in [-0.15, -0.1) is 0 Å². The van der Waals surface area contributed by atoms with Gasteiger partial charge < -0.3 is 24.7 Å². The van der Waals surface area contributed by atoms with Crippen molar-refractivity contribution < 1.29 is 27.2 Å². The van der Waals surface area contributed by atoms with E-state index in [1.165, 1.54) is 7.11 Å². The molecule has 9 nitrogen and oxygen atoms in total. The summed E-state index contributed by atoms with van der Waals surface area (Å²) in [4.78, 5) is 27.5. The normalized spacial score (nSPS) is 17.7. The van der Waals surface area contributed by atoms with Crippen LogP contribution in [0.4, 0.5) is 5.69 Å². The molecule has 0 bridgehead atoms. The molecule has 37 heavy (non-hydrogen) atoms. The lowest BCUT2D eigenvalue weighted by Gasteiger charge is -2.37. The average Bonchev–Trinajstić information content (AvgIpc) is 3.35. The molecule has 0 aliphatic carbocycles. The number of sulfone groups is 1. The second-order valence-corrected chi connectivity index (χ2v) is 11.6. The highest BCUT2D eigenvalue weighted by atomic mass is 32.2. The summed E-state index contributed by atoms with van der Waals surface area (Å²) in [5, 5.41) is 6.62. The van der Waals surface area contributed by atoms with E-state index >= 15 is 0 Å². The molecule has 3 heterocycles. The number of rotatable bonds is 8. The van der Waals surface area contributed by atoms with Crippen LogP contribution >= 0.6 is 0 Å². The molecule has 0 atom stereocenters. The molecule has 1 saturated heterocycles. The summed E-state index contributed by atoms with van der Waals surface area (Å²) in [5.74, 6) is 2.41. The molecule has 1 aromatic heterocycles. The van der Waals surface area contributed by atoms with Crippen molar-refractivity contribution in [2.75, 3.05) is 36.6 Å². The molecule has 2 N–H and O–H groups in total. The number of nitrogens with zero attached hydrogens (tertiary/aromatic N) is 1. The van der Waals surface area contributed by atoms with Crippen molar-refractivity contribution in [3.8, 4) is 0 Å². The Morgan fingerprint density at radius 1 is 1.30 bits per heavy atom. The summed E-state index contributed by atoms with van der Waals surface area (Å²) in [5.41, 5.74) is 4.31. The van der Waals surface area contributed by atoms with Gasteiger partial charge in [0, 0.05) is 47.5 Å². The van der Waals surface area contributed by atoms with Crippen molar-refractivity contribution >= 4 is 38.3 Å². The van der Waals surface area contributed by atoms with Gasteiger partial charge in [-0.1, -0.05) is 6.92 Å². The Hall–Kier alpha value is -3.49. The number of benzene rings is 1. The molecule has 0 radical (unpaired) electrons. The van der Waals surface area contributed by atoms with Gasteiger partial charge in [-0.3, -0.25) is 4.79 Å². The van der Waals surface area contributed by atoms with Crippen LogP contribution in [-0.2, 0) is 25.8 Å². The maximum atomic E-state index is 13.7. The van der Waals surface area contributed by atoms with Crippen LogP contribution in [0.1, 0.15) is 49.5 Å². The quantitative estimate of drug-likeness (QED) is 0.503. The number of dihydropyridines is 1. The fourth-order valence-corrected chi connectivity index (χ4v) is 6.71. The van der Waals surface area contributed by atoms with Crippen molar-refractivity contribution in [1.29, 1.82) is 0 Å². The maximum absolute atomic E-state index is 13.7. The number of methoxy groups -OCH3 is 1. The number of amides is 1. The minimum absolute atomic E-state index is 0.0557. The number of fused-ring (bicyclic) bond motifs is 1.